The van der Waals surface area contributed by atoms with E-state index in [1.54, 1.807) is 27.7 Å². The summed E-state index contributed by atoms with van der Waals surface area (Å²) in [5.74, 6) is -24.6. The van der Waals surface area contributed by atoms with Gasteiger partial charge in [0.1, 0.15) is 72.5 Å². The Morgan fingerprint density at radius 2 is 0.853 bits per heavy atom. The van der Waals surface area contributed by atoms with Crippen LogP contribution in [-0.4, -0.2) is 266 Å². The molecule has 1 aliphatic heterocycles. The predicted octanol–water partition coefficient (Wildman–Crippen LogP) is -9.51. The van der Waals surface area contributed by atoms with Gasteiger partial charge in [-0.2, -0.15) is 0 Å². The standard InChI is InChI=1S/C65H110N20O24/c1-27(2)20-36(54(98)80-40(64(108)109)21-28(3)4)75-44(90)25-72-58(102)41-15-13-19-85(41)63(107)35(14-12-18-71-65(69)70)77-55(99)39(24-47(94)95)79-61(105)50(32(10)86)84-56(100)37(22-43(68)89)78-60(104)49(30(7)8)81-57(101)38(23-46(92)93)76-45(91)26-73-59(103)48(29(5)6)82-62(106)51(33(11)87)83-52(96)31(9)74-53(97)34(66)16-17-42(67)88/h27-41,48-51,86-87H,12-26,66H2,1-11H3,(H2,67,88)(H2,68,89)(H,72,102)(H,73,103)(H,74,97)(H,75,90)(H,76,91)(H,77,99)(H,78,104)(H,79,105)(H,80,98)(H,81,101)(H,82,106)(H,83,96)(H,84,100)(H,92,93)(H,94,95)(H,108,109)(H4,69,70,71)/t31-,32+,33+,34-,35-,36-,37-,38-,39-,40-,41-,48-,49-,50-,51-/m0/s1. The van der Waals surface area contributed by atoms with Gasteiger partial charge in [-0.1, -0.05) is 55.4 Å². The number of nitrogens with zero attached hydrogens (tertiary/aromatic N) is 1. The van der Waals surface area contributed by atoms with Crippen LogP contribution in [0.4, 0.5) is 0 Å². The van der Waals surface area contributed by atoms with Crippen LogP contribution >= 0.6 is 0 Å². The molecular formula is C65H110N20O24. The molecule has 0 radical (unpaired) electrons. The average Bonchev–Trinajstić information content (AvgIpc) is 1.78. The van der Waals surface area contributed by atoms with E-state index >= 15 is 0 Å². The van der Waals surface area contributed by atoms with E-state index in [9.17, 15) is 117 Å². The lowest BCUT2D eigenvalue weighted by atomic mass is 10.0. The fourth-order valence-electron chi connectivity index (χ4n) is 10.7. The van der Waals surface area contributed by atoms with Crippen molar-refractivity contribution in [2.45, 2.75) is 238 Å². The van der Waals surface area contributed by atoms with Crippen molar-refractivity contribution in [2.75, 3.05) is 26.2 Å². The number of carboxylic acids is 3. The number of nitrogens with one attached hydrogen (secondary N) is 15. The van der Waals surface area contributed by atoms with Gasteiger partial charge in [0, 0.05) is 19.5 Å². The van der Waals surface area contributed by atoms with E-state index in [0.717, 1.165) is 18.7 Å². The first-order chi connectivity index (χ1) is 50.6. The minimum absolute atomic E-state index is 0.0223. The minimum atomic E-state index is -2.17. The van der Waals surface area contributed by atoms with Crippen molar-refractivity contribution >= 4 is 118 Å². The van der Waals surface area contributed by atoms with Gasteiger partial charge in [0.05, 0.1) is 50.6 Å². The van der Waals surface area contributed by atoms with Gasteiger partial charge in [0.15, 0.2) is 5.96 Å². The molecule has 109 heavy (non-hydrogen) atoms. The number of guanidine groups is 1. The average molecular weight is 1560 g/mol. The maximum atomic E-state index is 14.5. The van der Waals surface area contributed by atoms with E-state index in [2.05, 4.69) is 74.4 Å². The first kappa shape index (κ1) is 96.1. The van der Waals surface area contributed by atoms with Gasteiger partial charge in [0.25, 0.3) is 0 Å². The van der Waals surface area contributed by atoms with E-state index in [1.165, 1.54) is 34.6 Å². The van der Waals surface area contributed by atoms with E-state index in [1.807, 2.05) is 0 Å². The molecule has 1 saturated heterocycles. The quantitative estimate of drug-likeness (QED) is 0.0153. The Bertz CT molecular complexity index is 3280. The summed E-state index contributed by atoms with van der Waals surface area (Å²) in [7, 11) is 0. The second-order valence-corrected chi connectivity index (χ2v) is 27.8. The fourth-order valence-corrected chi connectivity index (χ4v) is 10.7. The molecule has 0 spiro atoms. The third kappa shape index (κ3) is 35.6. The number of aliphatic hydroxyl groups is 2. The molecule has 1 aliphatic rings. The zero-order chi connectivity index (χ0) is 83.6. The lowest BCUT2D eigenvalue weighted by Gasteiger charge is -2.30. The highest BCUT2D eigenvalue weighted by Crippen LogP contribution is 2.21. The number of hydrogen-bond donors (Lipinski definition) is 24. The third-order valence-corrected chi connectivity index (χ3v) is 16.5. The van der Waals surface area contributed by atoms with Crippen LogP contribution in [0.25, 0.3) is 0 Å². The number of carboxylic acid groups (broad SMARTS) is 3. The first-order valence-corrected chi connectivity index (χ1v) is 35.2. The van der Waals surface area contributed by atoms with Gasteiger partial charge in [-0.15, -0.1) is 0 Å². The molecule has 0 aromatic carbocycles. The van der Waals surface area contributed by atoms with E-state index in [0.29, 0.717) is 0 Å². The Morgan fingerprint density at radius 3 is 1.33 bits per heavy atom. The number of nitrogens with two attached hydrogens (primary N) is 4. The summed E-state index contributed by atoms with van der Waals surface area (Å²) in [6.45, 7) is 14.1. The molecule has 614 valence electrons. The number of amides is 16. The SMILES string of the molecule is CC(C)C[C@H](NC(=O)[C@H](CC(C)C)NC(=O)CNC(=O)[C@@H]1CCCN1C(=O)[C@H](CCCNC(=N)N)NC(=O)[C@H](CC(=O)O)NC(=O)[C@@H](NC(=O)[C@H](CC(N)=O)NC(=O)[C@@H](NC(=O)[C@H](CC(=O)O)NC(=O)CNC(=O)[C@@H](NC(=O)[C@@H](NC(=O)[C@H](C)NC(=O)[C@@H](N)CCC(N)=O)[C@@H](C)O)C(C)C)C(C)C)[C@@H](C)O)C(=O)O. The summed E-state index contributed by atoms with van der Waals surface area (Å²) in [5.41, 5.74) is 21.7. The monoisotopic (exact) mass is 1550 g/mol. The molecule has 0 aliphatic carbocycles. The molecule has 0 bridgehead atoms. The highest BCUT2D eigenvalue weighted by Gasteiger charge is 2.42. The van der Waals surface area contributed by atoms with Crippen LogP contribution in [0, 0.1) is 29.1 Å². The molecule has 16 amide bonds. The predicted molar refractivity (Wildman–Crippen MR) is 381 cm³/mol. The second kappa shape index (κ2) is 47.0. The smallest absolute Gasteiger partial charge is 0.326 e. The number of carbonyl (C=O) groups excluding carboxylic acids is 16. The van der Waals surface area contributed by atoms with Gasteiger partial charge in [-0.3, -0.25) is 91.7 Å². The van der Waals surface area contributed by atoms with Gasteiger partial charge < -0.3 is 128 Å². The van der Waals surface area contributed by atoms with Gasteiger partial charge in [0.2, 0.25) is 94.5 Å². The Kier molecular flexibility index (Phi) is 41.4. The van der Waals surface area contributed by atoms with Gasteiger partial charge >= 0.3 is 17.9 Å². The number of rotatable bonds is 49. The Balaban J connectivity index is 3.39. The molecule has 0 aromatic heterocycles. The van der Waals surface area contributed by atoms with Crippen LogP contribution in [0.5, 0.6) is 0 Å². The van der Waals surface area contributed by atoms with Crippen molar-refractivity contribution < 1.29 is 117 Å². The van der Waals surface area contributed by atoms with Crippen molar-refractivity contribution in [3.05, 3.63) is 0 Å². The maximum absolute atomic E-state index is 14.5. The molecule has 44 nitrogen and oxygen atoms in total. The summed E-state index contributed by atoms with van der Waals surface area (Å²) in [4.78, 5) is 251. The number of hydrogen-bond acceptors (Lipinski definition) is 23. The summed E-state index contributed by atoms with van der Waals surface area (Å²) < 4.78 is 0. The molecule has 1 heterocycles. The molecular weight excluding hydrogens is 1440 g/mol. The molecule has 1 fully saturated rings. The van der Waals surface area contributed by atoms with Crippen LogP contribution in [0.3, 0.4) is 0 Å². The number of primary amides is 2. The number of aliphatic carboxylic acids is 3. The van der Waals surface area contributed by atoms with E-state index in [4.69, 9.17) is 28.3 Å². The summed E-state index contributed by atoms with van der Waals surface area (Å²) in [6.07, 6.45) is -7.24. The van der Waals surface area contributed by atoms with Crippen molar-refractivity contribution in [1.29, 1.82) is 5.41 Å². The summed E-state index contributed by atoms with van der Waals surface area (Å²) >= 11 is 0. The number of aliphatic hydroxyl groups excluding tert-OH is 2. The van der Waals surface area contributed by atoms with Gasteiger partial charge in [-0.25, -0.2) is 4.79 Å². The van der Waals surface area contributed by atoms with E-state index < -0.39 is 253 Å². The van der Waals surface area contributed by atoms with Crippen LogP contribution in [0.1, 0.15) is 147 Å². The van der Waals surface area contributed by atoms with E-state index in [-0.39, 0.29) is 76.3 Å². The number of likely N-dealkylation sites (tertiary alicyclic amines) is 1. The largest absolute Gasteiger partial charge is 0.481 e. The lowest BCUT2D eigenvalue weighted by molar-refractivity contribution is -0.144. The molecule has 0 unspecified atom stereocenters. The molecule has 0 aromatic rings. The molecule has 44 heteroatoms. The number of carbonyl (C=O) groups is 19. The third-order valence-electron chi connectivity index (χ3n) is 16.5. The minimum Gasteiger partial charge on any atom is -0.481 e. The molecule has 1 rings (SSSR count). The second-order valence-electron chi connectivity index (χ2n) is 27.8. The fraction of sp³-hybridized carbons (Fsp3) is 0.692. The maximum Gasteiger partial charge on any atom is 0.326 e. The summed E-state index contributed by atoms with van der Waals surface area (Å²) in [5, 5.41) is 90.2. The van der Waals surface area contributed by atoms with Crippen molar-refractivity contribution in [1.82, 2.24) is 79.3 Å². The Labute approximate surface area is 628 Å². The van der Waals surface area contributed by atoms with Crippen LogP contribution in [-0.2, 0) is 91.1 Å². The van der Waals surface area contributed by atoms with Crippen LogP contribution < -0.4 is 97.4 Å². The topological polar surface area (TPSA) is 725 Å². The van der Waals surface area contributed by atoms with Crippen LogP contribution in [0.2, 0.25) is 0 Å². The van der Waals surface area contributed by atoms with Crippen molar-refractivity contribution in [3.63, 3.8) is 0 Å². The highest BCUT2D eigenvalue weighted by molar-refractivity contribution is 6.02. The normalized spacial score (nSPS) is 16.4. The highest BCUT2D eigenvalue weighted by atomic mass is 16.4. The van der Waals surface area contributed by atoms with Crippen LogP contribution in [0.15, 0.2) is 0 Å². The van der Waals surface area contributed by atoms with Crippen molar-refractivity contribution in [2.24, 2.45) is 46.6 Å². The lowest BCUT2D eigenvalue weighted by Crippen LogP contribution is -2.62. The van der Waals surface area contributed by atoms with Crippen molar-refractivity contribution in [3.8, 4) is 0 Å². The molecule has 15 atom stereocenters. The zero-order valence-electron chi connectivity index (χ0n) is 62.8. The Morgan fingerprint density at radius 1 is 0.440 bits per heavy atom. The summed E-state index contributed by atoms with van der Waals surface area (Å²) in [6, 6.07) is -21.3. The first-order valence-electron chi connectivity index (χ1n) is 35.2. The zero-order valence-corrected chi connectivity index (χ0v) is 62.8. The van der Waals surface area contributed by atoms with Gasteiger partial charge in [-0.05, 0) is 89.4 Å². The molecule has 0 saturated carbocycles. The Hall–Kier alpha value is -10.9. The molecule has 28 N–H and O–H groups in total.